The minimum Gasteiger partial charge on any atom is -0.354 e. The summed E-state index contributed by atoms with van der Waals surface area (Å²) in [7, 11) is 0.867. The van der Waals surface area contributed by atoms with Gasteiger partial charge in [-0.2, -0.15) is 0 Å². The molecule has 2 unspecified atom stereocenters. The lowest BCUT2D eigenvalue weighted by atomic mass is 10.1. The monoisotopic (exact) mass is 407 g/mol. The van der Waals surface area contributed by atoms with Crippen LogP contribution in [0.2, 0.25) is 0 Å². The fourth-order valence-electron chi connectivity index (χ4n) is 1.83. The van der Waals surface area contributed by atoms with Crippen LogP contribution in [0.25, 0.3) is 0 Å². The van der Waals surface area contributed by atoms with Crippen LogP contribution in [-0.2, 0) is 10.8 Å². The van der Waals surface area contributed by atoms with Crippen molar-refractivity contribution in [3.63, 3.8) is 0 Å². The first-order valence-electron chi connectivity index (χ1n) is 6.53. The van der Waals surface area contributed by atoms with E-state index in [1.165, 1.54) is 12.8 Å². The van der Waals surface area contributed by atoms with Crippen LogP contribution in [0.15, 0.2) is 34.2 Å². The smallest absolute Gasteiger partial charge is 0.191 e. The quantitative estimate of drug-likeness (QED) is 0.458. The predicted molar refractivity (Wildman–Crippen MR) is 95.3 cm³/mol. The van der Waals surface area contributed by atoms with E-state index < -0.39 is 10.8 Å². The Bertz CT molecular complexity index is 486. The molecule has 0 spiro atoms. The van der Waals surface area contributed by atoms with Crippen molar-refractivity contribution in [2.45, 2.75) is 36.7 Å². The zero-order valence-electron chi connectivity index (χ0n) is 12.1. The number of benzene rings is 1. The molecule has 0 amide bonds. The first kappa shape index (κ1) is 17.4. The number of hydrogen-bond donors (Lipinski definition) is 2. The molecule has 112 valence electrons. The Kier molecular flexibility index (Phi) is 6.94. The molecule has 0 radical (unpaired) electrons. The summed E-state index contributed by atoms with van der Waals surface area (Å²) in [5.41, 5.74) is 1.16. The van der Waals surface area contributed by atoms with Gasteiger partial charge in [0.2, 0.25) is 0 Å². The van der Waals surface area contributed by atoms with Crippen LogP contribution in [0.5, 0.6) is 0 Å². The molecule has 1 aromatic rings. The summed E-state index contributed by atoms with van der Waals surface area (Å²) < 4.78 is 11.3. The Morgan fingerprint density at radius 2 is 1.95 bits per heavy atom. The van der Waals surface area contributed by atoms with Crippen molar-refractivity contribution in [1.82, 2.24) is 10.6 Å². The number of halogens is 1. The van der Waals surface area contributed by atoms with Gasteiger partial charge in [-0.25, -0.2) is 0 Å². The highest BCUT2D eigenvalue weighted by Gasteiger charge is 2.22. The lowest BCUT2D eigenvalue weighted by molar-refractivity contribution is 0.681. The van der Waals surface area contributed by atoms with Gasteiger partial charge in [0.15, 0.2) is 5.96 Å². The molecule has 1 fully saturated rings. The van der Waals surface area contributed by atoms with Crippen LogP contribution in [0.3, 0.4) is 0 Å². The molecule has 4 nitrogen and oxygen atoms in total. The molecule has 0 bridgehead atoms. The second-order valence-electron chi connectivity index (χ2n) is 4.88. The Hall–Kier alpha value is -0.630. The summed E-state index contributed by atoms with van der Waals surface area (Å²) in [6.45, 7) is 2.09. The number of aliphatic imine (C=N–C) groups is 1. The van der Waals surface area contributed by atoms with E-state index in [0.29, 0.717) is 6.04 Å². The van der Waals surface area contributed by atoms with E-state index in [-0.39, 0.29) is 30.0 Å². The lowest BCUT2D eigenvalue weighted by Crippen LogP contribution is -2.39. The van der Waals surface area contributed by atoms with Gasteiger partial charge in [0.1, 0.15) is 0 Å². The van der Waals surface area contributed by atoms with Crippen molar-refractivity contribution in [1.29, 1.82) is 0 Å². The van der Waals surface area contributed by atoms with E-state index in [2.05, 4.69) is 22.5 Å². The molecule has 0 aromatic heterocycles. The SMILES string of the molecule is CN=C(NC1CC1)NC(C)c1ccc(S(C)=O)cc1.I. The lowest BCUT2D eigenvalue weighted by Gasteiger charge is -2.18. The summed E-state index contributed by atoms with van der Waals surface area (Å²) in [6.07, 6.45) is 4.15. The number of hydrogen-bond acceptors (Lipinski definition) is 2. The maximum atomic E-state index is 11.3. The fourth-order valence-corrected chi connectivity index (χ4v) is 2.35. The van der Waals surface area contributed by atoms with Crippen LogP contribution < -0.4 is 10.6 Å². The molecule has 0 aliphatic heterocycles. The summed E-state index contributed by atoms with van der Waals surface area (Å²) in [5.74, 6) is 0.846. The van der Waals surface area contributed by atoms with Gasteiger partial charge in [0, 0.05) is 35.0 Å². The topological polar surface area (TPSA) is 53.5 Å². The zero-order valence-corrected chi connectivity index (χ0v) is 15.2. The predicted octanol–water partition coefficient (Wildman–Crippen LogP) is 2.43. The van der Waals surface area contributed by atoms with Crippen molar-refractivity contribution < 1.29 is 4.21 Å². The molecule has 0 heterocycles. The summed E-state index contributed by atoms with van der Waals surface area (Å²) in [4.78, 5) is 5.08. The number of nitrogens with one attached hydrogen (secondary N) is 2. The molecule has 1 saturated carbocycles. The average molecular weight is 407 g/mol. The molecule has 1 aliphatic carbocycles. The van der Waals surface area contributed by atoms with E-state index in [0.717, 1.165) is 16.4 Å². The van der Waals surface area contributed by atoms with Crippen molar-refractivity contribution >= 4 is 40.7 Å². The molecular formula is C14H22IN3OS. The molecule has 2 N–H and O–H groups in total. The highest BCUT2D eigenvalue weighted by Crippen LogP contribution is 2.19. The van der Waals surface area contributed by atoms with Gasteiger partial charge < -0.3 is 10.6 Å². The third-order valence-electron chi connectivity index (χ3n) is 3.21. The number of nitrogens with zero attached hydrogens (tertiary/aromatic N) is 1. The minimum atomic E-state index is -0.919. The molecule has 2 rings (SSSR count). The van der Waals surface area contributed by atoms with Crippen molar-refractivity contribution in [3.05, 3.63) is 29.8 Å². The first-order chi connectivity index (χ1) is 9.10. The Morgan fingerprint density at radius 1 is 1.35 bits per heavy atom. The largest absolute Gasteiger partial charge is 0.354 e. The highest BCUT2D eigenvalue weighted by molar-refractivity contribution is 14.0. The molecule has 6 heteroatoms. The molecule has 0 saturated heterocycles. The van der Waals surface area contributed by atoms with Gasteiger partial charge in [0.25, 0.3) is 0 Å². The zero-order chi connectivity index (χ0) is 13.8. The Morgan fingerprint density at radius 3 is 2.40 bits per heavy atom. The third kappa shape index (κ3) is 5.05. The summed E-state index contributed by atoms with van der Waals surface area (Å²) in [6, 6.07) is 8.62. The van der Waals surface area contributed by atoms with Gasteiger partial charge in [-0.15, -0.1) is 24.0 Å². The van der Waals surface area contributed by atoms with Gasteiger partial charge in [-0.05, 0) is 37.5 Å². The fraction of sp³-hybridized carbons (Fsp3) is 0.500. The first-order valence-corrected chi connectivity index (χ1v) is 8.09. The summed E-state index contributed by atoms with van der Waals surface area (Å²) in [5, 5.41) is 6.73. The molecule has 20 heavy (non-hydrogen) atoms. The van der Waals surface area contributed by atoms with Crippen LogP contribution in [0, 0.1) is 0 Å². The average Bonchev–Trinajstić information content (AvgIpc) is 3.22. The van der Waals surface area contributed by atoms with Gasteiger partial charge >= 0.3 is 0 Å². The van der Waals surface area contributed by atoms with Gasteiger partial charge in [-0.1, -0.05) is 12.1 Å². The third-order valence-corrected chi connectivity index (χ3v) is 4.14. The van der Waals surface area contributed by atoms with Gasteiger partial charge in [0.05, 0.1) is 6.04 Å². The molecule has 1 aliphatic rings. The van der Waals surface area contributed by atoms with E-state index in [9.17, 15) is 4.21 Å². The van der Waals surface area contributed by atoms with E-state index in [1.807, 2.05) is 24.3 Å². The van der Waals surface area contributed by atoms with Crippen molar-refractivity contribution in [2.75, 3.05) is 13.3 Å². The van der Waals surface area contributed by atoms with Crippen molar-refractivity contribution in [2.24, 2.45) is 4.99 Å². The second kappa shape index (κ2) is 7.97. The number of rotatable bonds is 4. The van der Waals surface area contributed by atoms with E-state index >= 15 is 0 Å². The minimum absolute atomic E-state index is 0. The maximum Gasteiger partial charge on any atom is 0.191 e. The highest BCUT2D eigenvalue weighted by atomic mass is 127. The molecule has 2 atom stereocenters. The Balaban J connectivity index is 0.00000200. The van der Waals surface area contributed by atoms with Crippen LogP contribution in [0.4, 0.5) is 0 Å². The Labute approximate surface area is 140 Å². The van der Waals surface area contributed by atoms with E-state index in [1.54, 1.807) is 13.3 Å². The number of guanidine groups is 1. The van der Waals surface area contributed by atoms with Crippen molar-refractivity contribution in [3.8, 4) is 0 Å². The standard InChI is InChI=1S/C14H21N3OS.HI/c1-10(16-14(15-2)17-12-6-7-12)11-4-8-13(9-5-11)19(3)18;/h4-5,8-10,12H,6-7H2,1-3H3,(H2,15,16,17);1H. The normalized spacial score (nSPS) is 17.9. The maximum absolute atomic E-state index is 11.3. The van der Waals surface area contributed by atoms with Crippen LogP contribution >= 0.6 is 24.0 Å². The van der Waals surface area contributed by atoms with Crippen LogP contribution in [0.1, 0.15) is 31.4 Å². The summed E-state index contributed by atoms with van der Waals surface area (Å²) >= 11 is 0. The second-order valence-corrected chi connectivity index (χ2v) is 6.26. The van der Waals surface area contributed by atoms with Gasteiger partial charge in [-0.3, -0.25) is 9.20 Å². The van der Waals surface area contributed by atoms with Crippen LogP contribution in [-0.4, -0.2) is 29.5 Å². The molecular weight excluding hydrogens is 385 g/mol. The van der Waals surface area contributed by atoms with E-state index in [4.69, 9.17) is 0 Å². The molecule has 1 aromatic carbocycles.